The number of rotatable bonds is 2. The average Bonchev–Trinajstić information content (AvgIpc) is 2.65. The zero-order valence-electron chi connectivity index (χ0n) is 10.6. The fourth-order valence-electron chi connectivity index (χ4n) is 1.50. The van der Waals surface area contributed by atoms with E-state index in [1.807, 2.05) is 26.8 Å². The topological polar surface area (TPSA) is 68.0 Å². The second kappa shape index (κ2) is 4.78. The third-order valence-corrected chi connectivity index (χ3v) is 3.93. The molecule has 4 nitrogen and oxygen atoms in total. The predicted molar refractivity (Wildman–Crippen MR) is 75.1 cm³/mol. The summed E-state index contributed by atoms with van der Waals surface area (Å²) in [6.07, 6.45) is 1.55. The molecule has 18 heavy (non-hydrogen) atoms. The number of nitrogens with zero attached hydrogens (tertiary/aromatic N) is 1. The summed E-state index contributed by atoms with van der Waals surface area (Å²) >= 11 is 1.48. The highest BCUT2D eigenvalue weighted by atomic mass is 32.1. The number of aryl methyl sites for hydroxylation is 3. The summed E-state index contributed by atoms with van der Waals surface area (Å²) in [6.45, 7) is 5.88. The van der Waals surface area contributed by atoms with Crippen LogP contribution in [0.1, 0.15) is 25.7 Å². The van der Waals surface area contributed by atoms with Crippen LogP contribution in [0.4, 0.5) is 11.5 Å². The second-order valence-electron chi connectivity index (χ2n) is 4.23. The molecule has 5 heteroatoms. The molecule has 2 rings (SSSR count). The van der Waals surface area contributed by atoms with Crippen molar-refractivity contribution in [3.8, 4) is 0 Å². The normalized spacial score (nSPS) is 10.4. The lowest BCUT2D eigenvalue weighted by atomic mass is 10.2. The molecule has 94 valence electrons. The Bertz CT molecular complexity index is 585. The van der Waals surface area contributed by atoms with E-state index in [0.717, 1.165) is 16.0 Å². The summed E-state index contributed by atoms with van der Waals surface area (Å²) in [5.74, 6) is 0.392. The lowest BCUT2D eigenvalue weighted by Gasteiger charge is -2.05. The first kappa shape index (κ1) is 12.6. The Labute approximate surface area is 110 Å². The molecule has 2 aromatic heterocycles. The molecule has 0 aromatic carbocycles. The molecule has 1 amide bonds. The molecule has 0 saturated heterocycles. The van der Waals surface area contributed by atoms with Crippen LogP contribution in [-0.4, -0.2) is 10.9 Å². The lowest BCUT2D eigenvalue weighted by molar-refractivity contribution is 0.103. The van der Waals surface area contributed by atoms with E-state index in [-0.39, 0.29) is 5.91 Å². The Kier molecular flexibility index (Phi) is 3.34. The van der Waals surface area contributed by atoms with Gasteiger partial charge in [0.05, 0.1) is 16.8 Å². The Morgan fingerprint density at radius 2 is 2.00 bits per heavy atom. The predicted octanol–water partition coefficient (Wildman–Crippen LogP) is 2.90. The summed E-state index contributed by atoms with van der Waals surface area (Å²) in [5, 5.41) is 2.77. The maximum absolute atomic E-state index is 12.0. The number of pyridine rings is 1. The first-order valence-electron chi connectivity index (χ1n) is 5.58. The number of hydrogen-bond donors (Lipinski definition) is 2. The summed E-state index contributed by atoms with van der Waals surface area (Å²) in [7, 11) is 0. The highest BCUT2D eigenvalue weighted by molar-refractivity contribution is 7.14. The fourth-order valence-corrected chi connectivity index (χ4v) is 2.43. The van der Waals surface area contributed by atoms with Gasteiger partial charge in [-0.2, -0.15) is 0 Å². The number of hydrogen-bond acceptors (Lipinski definition) is 4. The van der Waals surface area contributed by atoms with Crippen molar-refractivity contribution >= 4 is 28.7 Å². The van der Waals surface area contributed by atoms with Crippen molar-refractivity contribution in [2.75, 3.05) is 11.1 Å². The van der Waals surface area contributed by atoms with Gasteiger partial charge in [-0.3, -0.25) is 4.79 Å². The van der Waals surface area contributed by atoms with E-state index in [1.165, 1.54) is 11.3 Å². The largest absolute Gasteiger partial charge is 0.397 e. The molecule has 0 aliphatic carbocycles. The van der Waals surface area contributed by atoms with Gasteiger partial charge in [-0.15, -0.1) is 11.3 Å². The number of aromatic nitrogens is 1. The van der Waals surface area contributed by atoms with E-state index in [9.17, 15) is 4.79 Å². The van der Waals surface area contributed by atoms with E-state index in [1.54, 1.807) is 12.3 Å². The van der Waals surface area contributed by atoms with Gasteiger partial charge >= 0.3 is 0 Å². The lowest BCUT2D eigenvalue weighted by Crippen LogP contribution is -2.11. The van der Waals surface area contributed by atoms with Crippen LogP contribution in [0.3, 0.4) is 0 Å². The third kappa shape index (κ3) is 2.51. The smallest absolute Gasteiger partial charge is 0.266 e. The quantitative estimate of drug-likeness (QED) is 0.873. The Morgan fingerprint density at radius 1 is 1.28 bits per heavy atom. The monoisotopic (exact) mass is 261 g/mol. The van der Waals surface area contributed by atoms with Crippen LogP contribution in [0, 0.1) is 20.8 Å². The Balaban J connectivity index is 2.18. The molecule has 0 bridgehead atoms. The van der Waals surface area contributed by atoms with Gasteiger partial charge in [-0.05, 0) is 44.0 Å². The number of thiophene rings is 1. The number of anilines is 2. The first-order valence-corrected chi connectivity index (χ1v) is 6.39. The number of carbonyl (C=O) groups is 1. The maximum atomic E-state index is 12.0. The van der Waals surface area contributed by atoms with Crippen molar-refractivity contribution in [3.63, 3.8) is 0 Å². The Morgan fingerprint density at radius 3 is 2.56 bits per heavy atom. The molecule has 0 atom stereocenters. The molecular formula is C13H15N3OS. The zero-order chi connectivity index (χ0) is 13.3. The van der Waals surface area contributed by atoms with Crippen LogP contribution in [0.15, 0.2) is 18.3 Å². The molecule has 0 aliphatic rings. The summed E-state index contributed by atoms with van der Waals surface area (Å²) < 4.78 is 0. The van der Waals surface area contributed by atoms with Crippen LogP contribution >= 0.6 is 11.3 Å². The molecule has 0 aliphatic heterocycles. The van der Waals surface area contributed by atoms with Gasteiger partial charge in [0.2, 0.25) is 0 Å². The van der Waals surface area contributed by atoms with Crippen molar-refractivity contribution in [1.82, 2.24) is 4.98 Å². The van der Waals surface area contributed by atoms with Gasteiger partial charge in [-0.25, -0.2) is 4.98 Å². The highest BCUT2D eigenvalue weighted by Gasteiger charge is 2.11. The van der Waals surface area contributed by atoms with Crippen molar-refractivity contribution in [1.29, 1.82) is 0 Å². The van der Waals surface area contributed by atoms with Gasteiger partial charge < -0.3 is 11.1 Å². The van der Waals surface area contributed by atoms with E-state index in [2.05, 4.69) is 10.3 Å². The van der Waals surface area contributed by atoms with Crippen molar-refractivity contribution in [2.24, 2.45) is 0 Å². The van der Waals surface area contributed by atoms with Gasteiger partial charge in [-0.1, -0.05) is 0 Å². The van der Waals surface area contributed by atoms with E-state index >= 15 is 0 Å². The van der Waals surface area contributed by atoms with Crippen LogP contribution in [0.25, 0.3) is 0 Å². The molecule has 0 unspecified atom stereocenters. The molecule has 2 aromatic rings. The first-order chi connectivity index (χ1) is 8.47. The minimum atomic E-state index is -0.132. The summed E-state index contributed by atoms with van der Waals surface area (Å²) in [5.41, 5.74) is 8.33. The number of carbonyl (C=O) groups excluding carboxylic acids is 1. The molecule has 0 fully saturated rings. The van der Waals surface area contributed by atoms with E-state index < -0.39 is 0 Å². The summed E-state index contributed by atoms with van der Waals surface area (Å²) in [6, 6.07) is 3.65. The molecule has 0 saturated carbocycles. The van der Waals surface area contributed by atoms with Gasteiger partial charge in [0.25, 0.3) is 5.91 Å². The van der Waals surface area contributed by atoms with Crippen LogP contribution in [0.2, 0.25) is 0 Å². The van der Waals surface area contributed by atoms with Gasteiger partial charge in [0.15, 0.2) is 0 Å². The maximum Gasteiger partial charge on any atom is 0.266 e. The molecule has 0 spiro atoms. The second-order valence-corrected chi connectivity index (χ2v) is 5.49. The molecule has 2 heterocycles. The SMILES string of the molecule is Cc1cc(NC(=O)c2cc(C)c(C)s2)ncc1N. The van der Waals surface area contributed by atoms with E-state index in [4.69, 9.17) is 5.73 Å². The third-order valence-electron chi connectivity index (χ3n) is 2.78. The Hall–Kier alpha value is -1.88. The molecule has 3 N–H and O–H groups in total. The minimum absolute atomic E-state index is 0.132. The van der Waals surface area contributed by atoms with Crippen molar-refractivity contribution in [3.05, 3.63) is 39.2 Å². The summed E-state index contributed by atoms with van der Waals surface area (Å²) in [4.78, 5) is 17.9. The van der Waals surface area contributed by atoms with Crippen LogP contribution in [0.5, 0.6) is 0 Å². The van der Waals surface area contributed by atoms with E-state index in [0.29, 0.717) is 16.4 Å². The number of nitrogens with two attached hydrogens (primary N) is 1. The number of nitrogen functional groups attached to an aromatic ring is 1. The van der Waals surface area contributed by atoms with Crippen LogP contribution < -0.4 is 11.1 Å². The fraction of sp³-hybridized carbons (Fsp3) is 0.231. The average molecular weight is 261 g/mol. The zero-order valence-corrected chi connectivity index (χ0v) is 11.4. The highest BCUT2D eigenvalue weighted by Crippen LogP contribution is 2.22. The molecular weight excluding hydrogens is 246 g/mol. The standard InChI is InChI=1S/C13H15N3OS/c1-7-4-11(18-9(7)3)13(17)16-12-5-8(2)10(14)6-15-12/h4-6H,14H2,1-3H3,(H,15,16,17). The van der Waals surface area contributed by atoms with Crippen molar-refractivity contribution in [2.45, 2.75) is 20.8 Å². The van der Waals surface area contributed by atoms with Crippen LogP contribution in [-0.2, 0) is 0 Å². The van der Waals surface area contributed by atoms with Gasteiger partial charge in [0.1, 0.15) is 5.82 Å². The number of nitrogens with one attached hydrogen (secondary N) is 1. The minimum Gasteiger partial charge on any atom is -0.397 e. The molecule has 0 radical (unpaired) electrons. The van der Waals surface area contributed by atoms with Gasteiger partial charge in [0, 0.05) is 4.88 Å². The number of amides is 1. The van der Waals surface area contributed by atoms with Crippen molar-refractivity contribution < 1.29 is 4.79 Å².